The molecule has 0 spiro atoms. The molecule has 17 heavy (non-hydrogen) atoms. The van der Waals surface area contributed by atoms with E-state index in [0.29, 0.717) is 0 Å². The Morgan fingerprint density at radius 2 is 2.06 bits per heavy atom. The summed E-state index contributed by atoms with van der Waals surface area (Å²) in [5, 5.41) is 3.29. The lowest BCUT2D eigenvalue weighted by Gasteiger charge is -2.18. The monoisotopic (exact) mass is 237 g/mol. The minimum absolute atomic E-state index is 0.0381. The predicted octanol–water partition coefficient (Wildman–Crippen LogP) is 2.90. The Kier molecular flexibility index (Phi) is 4.51. The second-order valence-corrected chi connectivity index (χ2v) is 4.62. The number of benzene rings is 1. The molecule has 0 amide bonds. The fourth-order valence-electron chi connectivity index (χ4n) is 1.76. The quantitative estimate of drug-likeness (QED) is 0.787. The molecule has 1 N–H and O–H groups in total. The maximum absolute atomic E-state index is 12.9. The minimum Gasteiger partial charge on any atom is -0.372 e. The van der Waals surface area contributed by atoms with Crippen molar-refractivity contribution < 1.29 is 9.13 Å². The first-order chi connectivity index (χ1) is 8.29. The third-order valence-corrected chi connectivity index (χ3v) is 3.05. The molecule has 0 aliphatic heterocycles. The fourth-order valence-corrected chi connectivity index (χ4v) is 1.76. The zero-order valence-electron chi connectivity index (χ0n) is 10.3. The van der Waals surface area contributed by atoms with Gasteiger partial charge in [0.2, 0.25) is 0 Å². The molecule has 1 aromatic rings. The van der Waals surface area contributed by atoms with Crippen LogP contribution in [0.5, 0.6) is 0 Å². The molecule has 0 saturated heterocycles. The van der Waals surface area contributed by atoms with Crippen LogP contribution in [0.4, 0.5) is 4.39 Å². The summed E-state index contributed by atoms with van der Waals surface area (Å²) in [7, 11) is 0. The molecule has 0 radical (unpaired) electrons. The van der Waals surface area contributed by atoms with E-state index in [2.05, 4.69) is 12.2 Å². The van der Waals surface area contributed by atoms with Gasteiger partial charge in [0, 0.05) is 6.54 Å². The van der Waals surface area contributed by atoms with Crippen LogP contribution >= 0.6 is 0 Å². The SMILES string of the molecule is CCNCC(OCC1CC1)c1ccc(F)cc1. The average Bonchev–Trinajstić information content (AvgIpc) is 3.15. The van der Waals surface area contributed by atoms with E-state index in [0.717, 1.165) is 31.2 Å². The molecule has 94 valence electrons. The molecule has 0 aromatic heterocycles. The Labute approximate surface area is 102 Å². The first kappa shape index (κ1) is 12.5. The third kappa shape index (κ3) is 4.10. The first-order valence-electron chi connectivity index (χ1n) is 6.37. The topological polar surface area (TPSA) is 21.3 Å². The molecular formula is C14H20FNO. The summed E-state index contributed by atoms with van der Waals surface area (Å²) < 4.78 is 18.8. The number of hydrogen-bond acceptors (Lipinski definition) is 2. The van der Waals surface area contributed by atoms with E-state index in [1.807, 2.05) is 12.1 Å². The molecule has 0 bridgehead atoms. The van der Waals surface area contributed by atoms with Crippen molar-refractivity contribution in [1.82, 2.24) is 5.32 Å². The van der Waals surface area contributed by atoms with Crippen LogP contribution in [0.3, 0.4) is 0 Å². The van der Waals surface area contributed by atoms with E-state index in [1.54, 1.807) is 0 Å². The van der Waals surface area contributed by atoms with Gasteiger partial charge < -0.3 is 10.1 Å². The highest BCUT2D eigenvalue weighted by Gasteiger charge is 2.23. The lowest BCUT2D eigenvalue weighted by molar-refractivity contribution is 0.0455. The summed E-state index contributed by atoms with van der Waals surface area (Å²) in [5.41, 5.74) is 1.05. The van der Waals surface area contributed by atoms with Crippen molar-refractivity contribution >= 4 is 0 Å². The highest BCUT2D eigenvalue weighted by molar-refractivity contribution is 5.19. The van der Waals surface area contributed by atoms with E-state index < -0.39 is 0 Å². The Morgan fingerprint density at radius 1 is 1.35 bits per heavy atom. The van der Waals surface area contributed by atoms with Gasteiger partial charge in [-0.25, -0.2) is 4.39 Å². The van der Waals surface area contributed by atoms with Crippen molar-refractivity contribution in [2.24, 2.45) is 5.92 Å². The Balaban J connectivity index is 1.93. The van der Waals surface area contributed by atoms with Crippen LogP contribution in [0.2, 0.25) is 0 Å². The Hall–Kier alpha value is -0.930. The van der Waals surface area contributed by atoms with Crippen LogP contribution < -0.4 is 5.32 Å². The van der Waals surface area contributed by atoms with Gasteiger partial charge >= 0.3 is 0 Å². The molecule has 1 aliphatic rings. The van der Waals surface area contributed by atoms with Gasteiger partial charge in [-0.05, 0) is 43.0 Å². The molecule has 1 aliphatic carbocycles. The highest BCUT2D eigenvalue weighted by Crippen LogP contribution is 2.31. The zero-order valence-corrected chi connectivity index (χ0v) is 10.3. The second-order valence-electron chi connectivity index (χ2n) is 4.62. The molecule has 3 heteroatoms. The van der Waals surface area contributed by atoms with Crippen molar-refractivity contribution in [2.75, 3.05) is 19.7 Å². The van der Waals surface area contributed by atoms with Crippen LogP contribution in [0.1, 0.15) is 31.4 Å². The molecule has 2 rings (SSSR count). The van der Waals surface area contributed by atoms with Gasteiger partial charge in [-0.15, -0.1) is 0 Å². The van der Waals surface area contributed by atoms with Gasteiger partial charge in [0.15, 0.2) is 0 Å². The van der Waals surface area contributed by atoms with Crippen LogP contribution in [0.15, 0.2) is 24.3 Å². The summed E-state index contributed by atoms with van der Waals surface area (Å²) in [5.74, 6) is 0.553. The Morgan fingerprint density at radius 3 is 2.65 bits per heavy atom. The van der Waals surface area contributed by atoms with E-state index >= 15 is 0 Å². The normalized spacial score (nSPS) is 17.1. The molecular weight excluding hydrogens is 217 g/mol. The zero-order chi connectivity index (χ0) is 12.1. The lowest BCUT2D eigenvalue weighted by atomic mass is 10.1. The van der Waals surface area contributed by atoms with Crippen LogP contribution in [0, 0.1) is 11.7 Å². The molecule has 1 atom stereocenters. The highest BCUT2D eigenvalue weighted by atomic mass is 19.1. The summed E-state index contributed by atoms with van der Waals surface area (Å²) in [4.78, 5) is 0. The van der Waals surface area contributed by atoms with Crippen molar-refractivity contribution in [2.45, 2.75) is 25.9 Å². The largest absolute Gasteiger partial charge is 0.372 e. The summed E-state index contributed by atoms with van der Waals surface area (Å²) >= 11 is 0. The lowest BCUT2D eigenvalue weighted by Crippen LogP contribution is -2.23. The number of hydrogen-bond donors (Lipinski definition) is 1. The number of nitrogens with one attached hydrogen (secondary N) is 1. The fraction of sp³-hybridized carbons (Fsp3) is 0.571. The van der Waals surface area contributed by atoms with Gasteiger partial charge in [-0.3, -0.25) is 0 Å². The third-order valence-electron chi connectivity index (χ3n) is 3.05. The van der Waals surface area contributed by atoms with Gasteiger partial charge in [0.25, 0.3) is 0 Å². The molecule has 1 fully saturated rings. The van der Waals surface area contributed by atoms with E-state index in [-0.39, 0.29) is 11.9 Å². The molecule has 2 nitrogen and oxygen atoms in total. The Bertz CT molecular complexity index is 335. The van der Waals surface area contributed by atoms with Gasteiger partial charge in [0.1, 0.15) is 5.82 Å². The van der Waals surface area contributed by atoms with E-state index in [4.69, 9.17) is 4.74 Å². The summed E-state index contributed by atoms with van der Waals surface area (Å²) in [6.07, 6.45) is 2.62. The number of ether oxygens (including phenoxy) is 1. The van der Waals surface area contributed by atoms with E-state index in [1.165, 1.54) is 25.0 Å². The number of likely N-dealkylation sites (N-methyl/N-ethyl adjacent to an activating group) is 1. The van der Waals surface area contributed by atoms with Crippen LogP contribution in [-0.4, -0.2) is 19.7 Å². The second kappa shape index (κ2) is 6.12. The maximum atomic E-state index is 12.9. The minimum atomic E-state index is -0.196. The maximum Gasteiger partial charge on any atom is 0.123 e. The van der Waals surface area contributed by atoms with Crippen molar-refractivity contribution in [3.8, 4) is 0 Å². The van der Waals surface area contributed by atoms with Crippen molar-refractivity contribution in [3.63, 3.8) is 0 Å². The molecule has 1 unspecified atom stereocenters. The average molecular weight is 237 g/mol. The van der Waals surface area contributed by atoms with Crippen molar-refractivity contribution in [1.29, 1.82) is 0 Å². The van der Waals surface area contributed by atoms with Crippen LogP contribution in [-0.2, 0) is 4.74 Å². The molecule has 1 aromatic carbocycles. The molecule has 1 saturated carbocycles. The van der Waals surface area contributed by atoms with Crippen LogP contribution in [0.25, 0.3) is 0 Å². The standard InChI is InChI=1S/C14H20FNO/c1-2-16-9-14(17-10-11-3-4-11)12-5-7-13(15)8-6-12/h5-8,11,14,16H,2-4,9-10H2,1H3. The van der Waals surface area contributed by atoms with Gasteiger partial charge in [-0.1, -0.05) is 19.1 Å². The smallest absolute Gasteiger partial charge is 0.123 e. The first-order valence-corrected chi connectivity index (χ1v) is 6.37. The van der Waals surface area contributed by atoms with Crippen molar-refractivity contribution in [3.05, 3.63) is 35.6 Å². The number of halogens is 1. The number of rotatable bonds is 7. The molecule has 0 heterocycles. The van der Waals surface area contributed by atoms with E-state index in [9.17, 15) is 4.39 Å². The predicted molar refractivity (Wildman–Crippen MR) is 66.4 cm³/mol. The summed E-state index contributed by atoms with van der Waals surface area (Å²) in [6, 6.07) is 6.61. The summed E-state index contributed by atoms with van der Waals surface area (Å²) in [6.45, 7) is 4.61. The van der Waals surface area contributed by atoms with Gasteiger partial charge in [-0.2, -0.15) is 0 Å². The van der Waals surface area contributed by atoms with Gasteiger partial charge in [0.05, 0.1) is 12.7 Å².